The Morgan fingerprint density at radius 2 is 1.92 bits per heavy atom. The maximum Gasteiger partial charge on any atom is 0.322 e. The molecule has 2 amide bonds. The Labute approximate surface area is 211 Å². The summed E-state index contributed by atoms with van der Waals surface area (Å²) in [6, 6.07) is 19.2. The number of pyridine rings is 1. The van der Waals surface area contributed by atoms with Crippen molar-refractivity contribution in [1.82, 2.24) is 25.0 Å². The zero-order chi connectivity index (χ0) is 25.0. The fourth-order valence-corrected chi connectivity index (χ4v) is 5.94. The molecular formula is C29H32N6O. The van der Waals surface area contributed by atoms with Crippen LogP contribution >= 0.6 is 0 Å². The maximum atomic E-state index is 13.6. The van der Waals surface area contributed by atoms with Gasteiger partial charge in [-0.2, -0.15) is 5.10 Å². The highest BCUT2D eigenvalue weighted by atomic mass is 16.2. The summed E-state index contributed by atoms with van der Waals surface area (Å²) in [5.74, 6) is 0.224. The Hall–Kier alpha value is -3.71. The highest BCUT2D eigenvalue weighted by Crippen LogP contribution is 2.44. The van der Waals surface area contributed by atoms with E-state index < -0.39 is 0 Å². The van der Waals surface area contributed by atoms with E-state index in [-0.39, 0.29) is 17.5 Å². The van der Waals surface area contributed by atoms with Gasteiger partial charge in [0.1, 0.15) is 5.69 Å². The molecule has 7 heteroatoms. The molecule has 1 fully saturated rings. The number of likely N-dealkylation sites (tertiary alicyclic amines) is 1. The zero-order valence-electron chi connectivity index (χ0n) is 21.2. The third-order valence-electron chi connectivity index (χ3n) is 8.01. The number of hydrogen-bond acceptors (Lipinski definition) is 4. The van der Waals surface area contributed by atoms with Gasteiger partial charge >= 0.3 is 6.03 Å². The lowest BCUT2D eigenvalue weighted by Gasteiger charge is -2.45. The third-order valence-corrected chi connectivity index (χ3v) is 8.01. The summed E-state index contributed by atoms with van der Waals surface area (Å²) in [6.07, 6.45) is 1.82. The van der Waals surface area contributed by atoms with Crippen LogP contribution in [0.3, 0.4) is 0 Å². The molecule has 2 aliphatic rings. The van der Waals surface area contributed by atoms with Crippen molar-refractivity contribution in [3.63, 3.8) is 0 Å². The third kappa shape index (κ3) is 3.66. The number of amides is 2. The Morgan fingerprint density at radius 1 is 1.11 bits per heavy atom. The Kier molecular flexibility index (Phi) is 5.34. The molecule has 2 aliphatic heterocycles. The first-order chi connectivity index (χ1) is 17.3. The molecule has 1 saturated heterocycles. The van der Waals surface area contributed by atoms with E-state index in [4.69, 9.17) is 0 Å². The highest BCUT2D eigenvalue weighted by molar-refractivity contribution is 6.00. The fourth-order valence-electron chi connectivity index (χ4n) is 5.94. The van der Waals surface area contributed by atoms with E-state index in [1.165, 1.54) is 5.56 Å². The molecule has 0 spiro atoms. The summed E-state index contributed by atoms with van der Waals surface area (Å²) in [5, 5.41) is 12.0. The second kappa shape index (κ2) is 8.45. The van der Waals surface area contributed by atoms with Crippen molar-refractivity contribution >= 4 is 22.6 Å². The predicted octanol–water partition coefficient (Wildman–Crippen LogP) is 5.55. The molecule has 4 heterocycles. The van der Waals surface area contributed by atoms with Gasteiger partial charge in [0.2, 0.25) is 0 Å². The zero-order valence-corrected chi connectivity index (χ0v) is 21.2. The normalized spacial score (nSPS) is 22.3. The molecular weight excluding hydrogens is 448 g/mol. The number of urea groups is 1. The molecule has 2 aromatic heterocycles. The van der Waals surface area contributed by atoms with Crippen LogP contribution in [-0.2, 0) is 6.54 Å². The van der Waals surface area contributed by atoms with E-state index in [0.717, 1.165) is 52.2 Å². The van der Waals surface area contributed by atoms with Gasteiger partial charge in [-0.05, 0) is 63.1 Å². The van der Waals surface area contributed by atoms with Gasteiger partial charge in [-0.3, -0.25) is 15.0 Å². The van der Waals surface area contributed by atoms with Gasteiger partial charge in [0.15, 0.2) is 0 Å². The van der Waals surface area contributed by atoms with E-state index in [1.807, 2.05) is 31.3 Å². The van der Waals surface area contributed by atoms with Crippen molar-refractivity contribution in [3.8, 4) is 11.3 Å². The van der Waals surface area contributed by atoms with Crippen LogP contribution in [0.15, 0.2) is 60.8 Å². The number of aromatic amines is 1. The number of H-pyrrole nitrogens is 1. The fraction of sp³-hybridized carbons (Fsp3) is 0.345. The van der Waals surface area contributed by atoms with Gasteiger partial charge in [-0.25, -0.2) is 4.79 Å². The van der Waals surface area contributed by atoms with Gasteiger partial charge in [-0.15, -0.1) is 0 Å². The van der Waals surface area contributed by atoms with Crippen molar-refractivity contribution in [3.05, 3.63) is 77.6 Å². The van der Waals surface area contributed by atoms with Crippen LogP contribution in [0, 0.1) is 6.92 Å². The number of anilines is 1. The number of fused-ring (bicyclic) bond motifs is 2. The molecule has 2 aromatic carbocycles. The van der Waals surface area contributed by atoms with E-state index in [9.17, 15) is 4.79 Å². The van der Waals surface area contributed by atoms with Crippen molar-refractivity contribution in [2.75, 3.05) is 18.4 Å². The number of aromatic nitrogens is 3. The summed E-state index contributed by atoms with van der Waals surface area (Å²) in [4.78, 5) is 22.4. The maximum absolute atomic E-state index is 13.6. The van der Waals surface area contributed by atoms with E-state index in [1.54, 1.807) is 0 Å². The SMILES string of the molecule is Cc1cc(-c2n[nH]c3cc4c(cc23)CN([C@@]2(C)CN(C(C)C)C[C@@H]2c2ccccc2)C(=O)N4)ccn1. The number of carbonyl (C=O) groups is 1. The Morgan fingerprint density at radius 3 is 2.67 bits per heavy atom. The smallest absolute Gasteiger partial charge is 0.313 e. The number of nitrogens with one attached hydrogen (secondary N) is 2. The summed E-state index contributed by atoms with van der Waals surface area (Å²) in [7, 11) is 0. The van der Waals surface area contributed by atoms with E-state index in [2.05, 4.69) is 87.5 Å². The number of benzene rings is 2. The minimum atomic E-state index is -0.343. The van der Waals surface area contributed by atoms with Crippen LogP contribution in [-0.4, -0.2) is 55.7 Å². The van der Waals surface area contributed by atoms with Crippen molar-refractivity contribution in [1.29, 1.82) is 0 Å². The van der Waals surface area contributed by atoms with Crippen molar-refractivity contribution in [2.24, 2.45) is 0 Å². The average molecular weight is 481 g/mol. The number of hydrogen-bond donors (Lipinski definition) is 2. The van der Waals surface area contributed by atoms with Gasteiger partial charge in [0.05, 0.1) is 17.6 Å². The standard InChI is InChI=1S/C29H32N6O/c1-18(2)34-16-24(20-8-6-5-7-9-20)29(4,17-34)35-15-22-13-23-26(14-25(22)31-28(35)36)32-33-27(23)21-10-11-30-19(3)12-21/h5-14,18,24H,15-17H2,1-4H3,(H,31,36)(H,32,33)/t24-,29+/m1/s1. The Bertz CT molecular complexity index is 1440. The lowest BCUT2D eigenvalue weighted by atomic mass is 9.81. The van der Waals surface area contributed by atoms with E-state index in [0.29, 0.717) is 12.6 Å². The molecule has 4 aromatic rings. The van der Waals surface area contributed by atoms with Crippen LogP contribution in [0.5, 0.6) is 0 Å². The minimum absolute atomic E-state index is 0.0413. The molecule has 2 atom stereocenters. The first-order valence-electron chi connectivity index (χ1n) is 12.6. The molecule has 7 nitrogen and oxygen atoms in total. The number of nitrogens with zero attached hydrogens (tertiary/aromatic N) is 4. The molecule has 184 valence electrons. The quantitative estimate of drug-likeness (QED) is 0.402. The molecule has 0 bridgehead atoms. The van der Waals surface area contributed by atoms with Gasteiger partial charge in [0, 0.05) is 53.6 Å². The second-order valence-electron chi connectivity index (χ2n) is 10.7. The van der Waals surface area contributed by atoms with Crippen LogP contribution < -0.4 is 5.32 Å². The van der Waals surface area contributed by atoms with Crippen LogP contribution in [0.4, 0.5) is 10.5 Å². The van der Waals surface area contributed by atoms with Crippen LogP contribution in [0.2, 0.25) is 0 Å². The number of carbonyl (C=O) groups excluding carboxylic acids is 1. The largest absolute Gasteiger partial charge is 0.322 e. The highest BCUT2D eigenvalue weighted by Gasteiger charge is 2.50. The van der Waals surface area contributed by atoms with Gasteiger partial charge in [0.25, 0.3) is 0 Å². The minimum Gasteiger partial charge on any atom is -0.313 e. The van der Waals surface area contributed by atoms with Crippen LogP contribution in [0.1, 0.15) is 43.5 Å². The average Bonchev–Trinajstić information content (AvgIpc) is 3.44. The lowest BCUT2D eigenvalue weighted by Crippen LogP contribution is -2.56. The first kappa shape index (κ1) is 22.7. The molecule has 36 heavy (non-hydrogen) atoms. The summed E-state index contributed by atoms with van der Waals surface area (Å²) >= 11 is 0. The summed E-state index contributed by atoms with van der Waals surface area (Å²) in [5.41, 5.74) is 6.69. The first-order valence-corrected chi connectivity index (χ1v) is 12.6. The number of rotatable bonds is 4. The van der Waals surface area contributed by atoms with Crippen LogP contribution in [0.25, 0.3) is 22.2 Å². The lowest BCUT2D eigenvalue weighted by molar-refractivity contribution is 0.114. The predicted molar refractivity (Wildman–Crippen MR) is 143 cm³/mol. The Balaban J connectivity index is 1.40. The van der Waals surface area contributed by atoms with E-state index >= 15 is 0 Å². The molecule has 0 unspecified atom stereocenters. The molecule has 0 radical (unpaired) electrons. The molecule has 0 aliphatic carbocycles. The van der Waals surface area contributed by atoms with Crippen molar-refractivity contribution < 1.29 is 4.79 Å². The molecule has 0 saturated carbocycles. The summed E-state index contributed by atoms with van der Waals surface area (Å²) < 4.78 is 0. The number of aryl methyl sites for hydroxylation is 1. The second-order valence-corrected chi connectivity index (χ2v) is 10.7. The monoisotopic (exact) mass is 480 g/mol. The van der Waals surface area contributed by atoms with Gasteiger partial charge < -0.3 is 10.2 Å². The topological polar surface area (TPSA) is 77.2 Å². The molecule has 6 rings (SSSR count). The summed E-state index contributed by atoms with van der Waals surface area (Å²) in [6.45, 7) is 11.0. The molecule has 2 N–H and O–H groups in total. The van der Waals surface area contributed by atoms with Crippen molar-refractivity contribution in [2.45, 2.75) is 51.7 Å². The van der Waals surface area contributed by atoms with Gasteiger partial charge in [-0.1, -0.05) is 30.3 Å².